The first kappa shape index (κ1) is 20.6. The number of nitrogens with zero attached hydrogens (tertiary/aromatic N) is 1. The van der Waals surface area contributed by atoms with Crippen LogP contribution in [-0.2, 0) is 6.42 Å². The molecule has 4 aromatic rings. The second kappa shape index (κ2) is 9.00. The fraction of sp³-hybridized carbons (Fsp3) is 0.231. The highest BCUT2D eigenvalue weighted by atomic mass is 32.1. The van der Waals surface area contributed by atoms with E-state index in [1.54, 1.807) is 10.4 Å². The lowest BCUT2D eigenvalue weighted by atomic mass is 10.0. The molecule has 0 bridgehead atoms. The van der Waals surface area contributed by atoms with Gasteiger partial charge < -0.3 is 9.84 Å². The Morgan fingerprint density at radius 2 is 1.50 bits per heavy atom. The van der Waals surface area contributed by atoms with Gasteiger partial charge in [-0.1, -0.05) is 60.7 Å². The molecule has 3 nitrogen and oxygen atoms in total. The van der Waals surface area contributed by atoms with Crippen molar-refractivity contribution in [2.45, 2.75) is 25.7 Å². The SMILES string of the molecule is CC(Oc1ccc(C(O)c2ccccc2)cc1)N(C)C.c1ccc2c3c(sc2c1)C3. The molecule has 0 fully saturated rings. The maximum Gasteiger partial charge on any atom is 0.149 e. The molecule has 0 radical (unpaired) electrons. The van der Waals surface area contributed by atoms with E-state index in [0.717, 1.165) is 16.9 Å². The second-order valence-electron chi connectivity index (χ2n) is 7.74. The number of aliphatic hydroxyl groups is 1. The minimum absolute atomic E-state index is 0.0138. The van der Waals surface area contributed by atoms with Crippen molar-refractivity contribution in [1.29, 1.82) is 0 Å². The van der Waals surface area contributed by atoms with Crippen molar-refractivity contribution < 1.29 is 9.84 Å². The van der Waals surface area contributed by atoms with Gasteiger partial charge in [-0.25, -0.2) is 0 Å². The van der Waals surface area contributed by atoms with E-state index in [2.05, 4.69) is 24.3 Å². The van der Waals surface area contributed by atoms with Crippen LogP contribution in [0.25, 0.3) is 10.1 Å². The molecule has 0 saturated heterocycles. The maximum atomic E-state index is 10.3. The highest BCUT2D eigenvalue weighted by Crippen LogP contribution is 2.42. The molecule has 4 heteroatoms. The third-order valence-electron chi connectivity index (χ3n) is 5.34. The normalized spacial score (nSPS) is 13.9. The van der Waals surface area contributed by atoms with Gasteiger partial charge in [-0.3, -0.25) is 4.90 Å². The standard InChI is InChI=1S/C17H21NO2.C9H6S/c1-13(18(2)3)20-16-11-9-15(10-12-16)17(19)14-7-5-4-6-8-14;1-2-4-8-6(3-1)7-5-9(7)10-8/h4-13,17,19H,1-3H3;1-4H,5H2. The molecule has 1 heterocycles. The monoisotopic (exact) mass is 417 g/mol. The Morgan fingerprint density at radius 3 is 2.17 bits per heavy atom. The Labute approximate surface area is 182 Å². The number of hydrogen-bond donors (Lipinski definition) is 1. The predicted octanol–water partition coefficient (Wildman–Crippen LogP) is 5.86. The molecule has 1 N–H and O–H groups in total. The fourth-order valence-electron chi connectivity index (χ4n) is 3.26. The van der Waals surface area contributed by atoms with E-state index >= 15 is 0 Å². The van der Waals surface area contributed by atoms with Crippen molar-refractivity contribution in [3.63, 3.8) is 0 Å². The number of thiophene rings is 1. The van der Waals surface area contributed by atoms with Crippen LogP contribution in [0.1, 0.15) is 34.6 Å². The summed E-state index contributed by atoms with van der Waals surface area (Å²) < 4.78 is 7.22. The first-order valence-electron chi connectivity index (χ1n) is 10.2. The minimum Gasteiger partial charge on any atom is -0.475 e. The lowest BCUT2D eigenvalue weighted by Crippen LogP contribution is -2.30. The number of hydrogen-bond acceptors (Lipinski definition) is 4. The van der Waals surface area contributed by atoms with Gasteiger partial charge in [0.2, 0.25) is 0 Å². The average molecular weight is 418 g/mol. The van der Waals surface area contributed by atoms with Crippen LogP contribution in [0, 0.1) is 0 Å². The fourth-order valence-corrected chi connectivity index (χ4v) is 4.42. The van der Waals surface area contributed by atoms with Crippen LogP contribution in [0.15, 0.2) is 78.9 Å². The van der Waals surface area contributed by atoms with Gasteiger partial charge in [-0.2, -0.15) is 0 Å². The summed E-state index contributed by atoms with van der Waals surface area (Å²) in [4.78, 5) is 3.59. The number of rotatable bonds is 5. The van der Waals surface area contributed by atoms with E-state index in [1.807, 2.05) is 91.9 Å². The number of ether oxygens (including phenoxy) is 1. The van der Waals surface area contributed by atoms with Gasteiger partial charge in [0.25, 0.3) is 0 Å². The van der Waals surface area contributed by atoms with Crippen molar-refractivity contribution in [2.24, 2.45) is 0 Å². The van der Waals surface area contributed by atoms with Crippen molar-refractivity contribution in [3.05, 3.63) is 100 Å². The quantitative estimate of drug-likeness (QED) is 0.364. The van der Waals surface area contributed by atoms with Crippen LogP contribution in [0.2, 0.25) is 0 Å². The first-order chi connectivity index (χ1) is 14.5. The van der Waals surface area contributed by atoms with Crippen LogP contribution >= 0.6 is 11.3 Å². The van der Waals surface area contributed by atoms with E-state index in [9.17, 15) is 5.11 Å². The van der Waals surface area contributed by atoms with Crippen LogP contribution in [0.3, 0.4) is 0 Å². The van der Waals surface area contributed by atoms with Crippen LogP contribution in [-0.4, -0.2) is 30.3 Å². The number of aliphatic hydroxyl groups excluding tert-OH is 1. The molecule has 2 atom stereocenters. The lowest BCUT2D eigenvalue weighted by Gasteiger charge is -2.21. The molecule has 1 aromatic heterocycles. The molecule has 5 rings (SSSR count). The van der Waals surface area contributed by atoms with Crippen LogP contribution in [0.5, 0.6) is 5.75 Å². The number of benzene rings is 3. The number of fused-ring (bicyclic) bond motifs is 3. The largest absolute Gasteiger partial charge is 0.475 e. The second-order valence-corrected chi connectivity index (χ2v) is 8.88. The molecule has 0 aliphatic heterocycles. The van der Waals surface area contributed by atoms with Gasteiger partial charge >= 0.3 is 0 Å². The van der Waals surface area contributed by atoms with Gasteiger partial charge in [-0.05, 0) is 61.3 Å². The molecular weight excluding hydrogens is 390 g/mol. The van der Waals surface area contributed by atoms with Crippen molar-refractivity contribution in [3.8, 4) is 5.75 Å². The minimum atomic E-state index is -0.600. The lowest BCUT2D eigenvalue weighted by molar-refractivity contribution is 0.0815. The summed E-state index contributed by atoms with van der Waals surface area (Å²) in [6.45, 7) is 1.99. The summed E-state index contributed by atoms with van der Waals surface area (Å²) in [5.41, 5.74) is 3.35. The highest BCUT2D eigenvalue weighted by molar-refractivity contribution is 7.20. The summed E-state index contributed by atoms with van der Waals surface area (Å²) in [6.07, 6.45) is 0.679. The molecule has 3 aromatic carbocycles. The van der Waals surface area contributed by atoms with E-state index in [4.69, 9.17) is 4.74 Å². The Hall–Kier alpha value is -2.66. The summed E-state index contributed by atoms with van der Waals surface area (Å²) in [6, 6.07) is 25.9. The van der Waals surface area contributed by atoms with Gasteiger partial charge in [0.05, 0.1) is 0 Å². The molecular formula is C26H27NO2S. The topological polar surface area (TPSA) is 32.7 Å². The molecule has 154 valence electrons. The molecule has 1 aliphatic carbocycles. The van der Waals surface area contributed by atoms with E-state index in [-0.39, 0.29) is 6.23 Å². The van der Waals surface area contributed by atoms with Gasteiger partial charge in [0, 0.05) is 16.0 Å². The van der Waals surface area contributed by atoms with Crippen LogP contribution in [0.4, 0.5) is 0 Å². The van der Waals surface area contributed by atoms with Crippen molar-refractivity contribution >= 4 is 21.4 Å². The van der Waals surface area contributed by atoms with E-state index in [0.29, 0.717) is 0 Å². The van der Waals surface area contributed by atoms with Crippen molar-refractivity contribution in [2.75, 3.05) is 14.1 Å². The Kier molecular flexibility index (Phi) is 6.18. The van der Waals surface area contributed by atoms with Gasteiger partial charge in [0.15, 0.2) is 0 Å². The van der Waals surface area contributed by atoms with Gasteiger partial charge in [0.1, 0.15) is 18.1 Å². The predicted molar refractivity (Wildman–Crippen MR) is 125 cm³/mol. The summed E-state index contributed by atoms with van der Waals surface area (Å²) in [7, 11) is 3.94. The summed E-state index contributed by atoms with van der Waals surface area (Å²) in [5.74, 6) is 0.801. The van der Waals surface area contributed by atoms with E-state index in [1.165, 1.54) is 16.5 Å². The Bertz CT molecular complexity index is 1100. The average Bonchev–Trinajstić information content (AvgIpc) is 3.45. The first-order valence-corrected chi connectivity index (χ1v) is 11.0. The van der Waals surface area contributed by atoms with Crippen molar-refractivity contribution in [1.82, 2.24) is 4.90 Å². The zero-order chi connectivity index (χ0) is 21.1. The van der Waals surface area contributed by atoms with Crippen LogP contribution < -0.4 is 4.74 Å². The Morgan fingerprint density at radius 1 is 0.867 bits per heavy atom. The highest BCUT2D eigenvalue weighted by Gasteiger charge is 2.22. The maximum absolute atomic E-state index is 10.3. The summed E-state index contributed by atoms with van der Waals surface area (Å²) >= 11 is 1.94. The molecule has 0 spiro atoms. The smallest absolute Gasteiger partial charge is 0.149 e. The molecule has 1 aliphatic rings. The molecule has 2 unspecified atom stereocenters. The zero-order valence-electron chi connectivity index (χ0n) is 17.6. The third kappa shape index (κ3) is 4.73. The molecule has 0 amide bonds. The molecule has 0 saturated carbocycles. The summed E-state index contributed by atoms with van der Waals surface area (Å²) in [5, 5.41) is 11.8. The molecule has 30 heavy (non-hydrogen) atoms. The Balaban J connectivity index is 0.000000178. The van der Waals surface area contributed by atoms with Gasteiger partial charge in [-0.15, -0.1) is 11.3 Å². The zero-order valence-corrected chi connectivity index (χ0v) is 18.4. The third-order valence-corrected chi connectivity index (χ3v) is 6.55. The van der Waals surface area contributed by atoms with E-state index < -0.39 is 6.10 Å².